The first-order valence-electron chi connectivity index (χ1n) is 8.84. The number of rotatable bonds is 6. The van der Waals surface area contributed by atoms with Gasteiger partial charge in [0.2, 0.25) is 10.0 Å². The summed E-state index contributed by atoms with van der Waals surface area (Å²) < 4.78 is 32.1. The highest BCUT2D eigenvalue weighted by Gasteiger charge is 2.31. The van der Waals surface area contributed by atoms with Gasteiger partial charge in [-0.05, 0) is 68.8 Å². The van der Waals surface area contributed by atoms with Crippen molar-refractivity contribution in [3.05, 3.63) is 29.3 Å². The molecule has 1 saturated heterocycles. The van der Waals surface area contributed by atoms with Crippen LogP contribution in [-0.2, 0) is 14.8 Å². The zero-order valence-corrected chi connectivity index (χ0v) is 16.9. The fourth-order valence-electron chi connectivity index (χ4n) is 3.28. The molecule has 0 unspecified atom stereocenters. The van der Waals surface area contributed by atoms with Gasteiger partial charge in [-0.1, -0.05) is 0 Å². The Morgan fingerprint density at radius 3 is 2.42 bits per heavy atom. The molecule has 1 heterocycles. The van der Waals surface area contributed by atoms with Crippen LogP contribution in [0.15, 0.2) is 23.1 Å². The number of carbonyl (C=O) groups is 1. The van der Waals surface area contributed by atoms with Crippen LogP contribution < -0.4 is 5.32 Å². The van der Waals surface area contributed by atoms with Crippen LogP contribution in [0, 0.1) is 12.8 Å². The molecule has 2 aliphatic rings. The zero-order valence-electron chi connectivity index (χ0n) is 15.2. The average Bonchev–Trinajstić information content (AvgIpc) is 3.43. The highest BCUT2D eigenvalue weighted by atomic mass is 35.5. The molecular formula is C18H27ClN2O4S. The van der Waals surface area contributed by atoms with E-state index in [1.54, 1.807) is 17.3 Å². The van der Waals surface area contributed by atoms with Crippen LogP contribution in [0.2, 0.25) is 0 Å². The van der Waals surface area contributed by atoms with Crippen molar-refractivity contribution in [2.24, 2.45) is 5.92 Å². The minimum atomic E-state index is -3.53. The van der Waals surface area contributed by atoms with Gasteiger partial charge < -0.3 is 10.1 Å². The largest absolute Gasteiger partial charge is 0.465 e. The molecule has 1 aliphatic heterocycles. The van der Waals surface area contributed by atoms with E-state index in [2.05, 4.69) is 10.1 Å². The SMILES string of the molecule is COC(=O)c1ccc(S(=O)(=O)N2CCC(NCC3CC3)CC2)c(C)c1.Cl. The smallest absolute Gasteiger partial charge is 0.337 e. The Kier molecular flexibility index (Phi) is 7.07. The number of hydrogen-bond acceptors (Lipinski definition) is 5. The minimum Gasteiger partial charge on any atom is -0.465 e. The predicted molar refractivity (Wildman–Crippen MR) is 102 cm³/mol. The standard InChI is InChI=1S/C18H26N2O4S.ClH/c1-13-11-15(18(21)24-2)5-6-17(13)25(22,23)20-9-7-16(8-10-20)19-12-14-3-4-14;/h5-6,11,14,16,19H,3-4,7-10,12H2,1-2H3;1H. The van der Waals surface area contributed by atoms with Gasteiger partial charge in [0.15, 0.2) is 0 Å². The van der Waals surface area contributed by atoms with Gasteiger partial charge in [-0.15, -0.1) is 12.4 Å². The molecular weight excluding hydrogens is 376 g/mol. The Hall–Kier alpha value is -1.15. The third-order valence-electron chi connectivity index (χ3n) is 5.06. The zero-order chi connectivity index (χ0) is 18.0. The first kappa shape index (κ1) is 21.2. The van der Waals surface area contributed by atoms with Crippen molar-refractivity contribution in [2.75, 3.05) is 26.7 Å². The molecule has 2 fully saturated rings. The summed E-state index contributed by atoms with van der Waals surface area (Å²) in [6, 6.07) is 5.00. The Morgan fingerprint density at radius 1 is 1.23 bits per heavy atom. The van der Waals surface area contributed by atoms with Crippen LogP contribution in [0.4, 0.5) is 0 Å². The molecule has 0 aromatic heterocycles. The van der Waals surface area contributed by atoms with Crippen LogP contribution in [0.1, 0.15) is 41.6 Å². The number of piperidine rings is 1. The van der Waals surface area contributed by atoms with Crippen LogP contribution in [0.3, 0.4) is 0 Å². The lowest BCUT2D eigenvalue weighted by Gasteiger charge is -2.32. The number of sulfonamides is 1. The van der Waals surface area contributed by atoms with E-state index >= 15 is 0 Å². The summed E-state index contributed by atoms with van der Waals surface area (Å²) in [5, 5.41) is 3.56. The Balaban J connectivity index is 0.00000243. The maximum absolute atomic E-state index is 12.9. The lowest BCUT2D eigenvalue weighted by Crippen LogP contribution is -2.45. The fourth-order valence-corrected chi connectivity index (χ4v) is 4.95. The molecule has 0 spiro atoms. The summed E-state index contributed by atoms with van der Waals surface area (Å²) in [4.78, 5) is 11.9. The van der Waals surface area contributed by atoms with Gasteiger partial charge in [-0.25, -0.2) is 13.2 Å². The number of carbonyl (C=O) groups excluding carboxylic acids is 1. The van der Waals surface area contributed by atoms with Crippen LogP contribution >= 0.6 is 12.4 Å². The van der Waals surface area contributed by atoms with Crippen LogP contribution in [0.25, 0.3) is 0 Å². The molecule has 1 saturated carbocycles. The second-order valence-corrected chi connectivity index (χ2v) is 8.91. The van der Waals surface area contributed by atoms with E-state index < -0.39 is 16.0 Å². The van der Waals surface area contributed by atoms with E-state index in [0.717, 1.165) is 25.3 Å². The number of methoxy groups -OCH3 is 1. The molecule has 0 bridgehead atoms. The van der Waals surface area contributed by atoms with Crippen molar-refractivity contribution in [1.29, 1.82) is 0 Å². The van der Waals surface area contributed by atoms with E-state index in [9.17, 15) is 13.2 Å². The molecule has 1 aromatic rings. The molecule has 146 valence electrons. The van der Waals surface area contributed by atoms with Crippen molar-refractivity contribution >= 4 is 28.4 Å². The summed E-state index contributed by atoms with van der Waals surface area (Å²) in [5.74, 6) is 0.368. The van der Waals surface area contributed by atoms with Gasteiger partial charge in [0, 0.05) is 19.1 Å². The van der Waals surface area contributed by atoms with E-state index in [1.807, 2.05) is 0 Å². The minimum absolute atomic E-state index is 0. The van der Waals surface area contributed by atoms with E-state index in [-0.39, 0.29) is 17.3 Å². The number of esters is 1. The molecule has 1 aliphatic carbocycles. The molecule has 8 heteroatoms. The summed E-state index contributed by atoms with van der Waals surface area (Å²) in [6.45, 7) is 3.83. The molecule has 1 N–H and O–H groups in total. The number of nitrogens with zero attached hydrogens (tertiary/aromatic N) is 1. The number of halogens is 1. The highest BCUT2D eigenvalue weighted by Crippen LogP contribution is 2.29. The lowest BCUT2D eigenvalue weighted by atomic mass is 10.1. The van der Waals surface area contributed by atoms with Gasteiger partial charge in [-0.3, -0.25) is 0 Å². The highest BCUT2D eigenvalue weighted by molar-refractivity contribution is 7.89. The fraction of sp³-hybridized carbons (Fsp3) is 0.611. The summed E-state index contributed by atoms with van der Waals surface area (Å²) in [6.07, 6.45) is 4.32. The number of aryl methyl sites for hydroxylation is 1. The van der Waals surface area contributed by atoms with E-state index in [0.29, 0.717) is 30.3 Å². The average molecular weight is 403 g/mol. The van der Waals surface area contributed by atoms with E-state index in [1.165, 1.54) is 32.1 Å². The first-order chi connectivity index (χ1) is 11.9. The quantitative estimate of drug-likeness (QED) is 0.739. The Bertz CT molecular complexity index is 742. The number of hydrogen-bond donors (Lipinski definition) is 1. The van der Waals surface area contributed by atoms with Gasteiger partial charge in [0.1, 0.15) is 0 Å². The van der Waals surface area contributed by atoms with Crippen molar-refractivity contribution in [1.82, 2.24) is 9.62 Å². The molecule has 0 radical (unpaired) electrons. The summed E-state index contributed by atoms with van der Waals surface area (Å²) in [5.41, 5.74) is 0.929. The number of nitrogens with one attached hydrogen (secondary N) is 1. The van der Waals surface area contributed by atoms with Gasteiger partial charge >= 0.3 is 5.97 Å². The molecule has 1 aromatic carbocycles. The maximum atomic E-state index is 12.9. The van der Waals surface area contributed by atoms with Crippen LogP contribution in [-0.4, -0.2) is 51.5 Å². The maximum Gasteiger partial charge on any atom is 0.337 e. The van der Waals surface area contributed by atoms with Gasteiger partial charge in [-0.2, -0.15) is 4.31 Å². The third kappa shape index (κ3) is 4.76. The monoisotopic (exact) mass is 402 g/mol. The lowest BCUT2D eigenvalue weighted by molar-refractivity contribution is 0.0600. The second kappa shape index (κ2) is 8.69. The molecule has 0 atom stereocenters. The van der Waals surface area contributed by atoms with Crippen molar-refractivity contribution < 1.29 is 17.9 Å². The predicted octanol–water partition coefficient (Wildman–Crippen LogP) is 2.36. The second-order valence-electron chi connectivity index (χ2n) is 7.00. The molecule has 0 amide bonds. The molecule has 26 heavy (non-hydrogen) atoms. The summed E-state index contributed by atoms with van der Waals surface area (Å²) >= 11 is 0. The third-order valence-corrected chi connectivity index (χ3v) is 7.12. The molecule has 6 nitrogen and oxygen atoms in total. The molecule has 3 rings (SSSR count). The van der Waals surface area contributed by atoms with Crippen molar-refractivity contribution in [3.8, 4) is 0 Å². The Labute approximate surface area is 161 Å². The van der Waals surface area contributed by atoms with E-state index in [4.69, 9.17) is 0 Å². The normalized spacial score (nSPS) is 19.0. The Morgan fingerprint density at radius 2 is 1.88 bits per heavy atom. The topological polar surface area (TPSA) is 75.7 Å². The number of benzene rings is 1. The van der Waals surface area contributed by atoms with Gasteiger partial charge in [0.25, 0.3) is 0 Å². The van der Waals surface area contributed by atoms with Gasteiger partial charge in [0.05, 0.1) is 17.6 Å². The number of ether oxygens (including phenoxy) is 1. The first-order valence-corrected chi connectivity index (χ1v) is 10.3. The summed E-state index contributed by atoms with van der Waals surface area (Å²) in [7, 11) is -2.22. The van der Waals surface area contributed by atoms with Crippen molar-refractivity contribution in [2.45, 2.75) is 43.5 Å². The van der Waals surface area contributed by atoms with Crippen LogP contribution in [0.5, 0.6) is 0 Å². The van der Waals surface area contributed by atoms with Crippen molar-refractivity contribution in [3.63, 3.8) is 0 Å².